The van der Waals surface area contributed by atoms with E-state index in [4.69, 9.17) is 9.15 Å². The summed E-state index contributed by atoms with van der Waals surface area (Å²) in [5.41, 5.74) is 1.71. The van der Waals surface area contributed by atoms with Crippen LogP contribution in [0.3, 0.4) is 0 Å². The van der Waals surface area contributed by atoms with Gasteiger partial charge in [0.05, 0.1) is 12.8 Å². The number of hydrogen-bond donors (Lipinski definition) is 0. The lowest BCUT2D eigenvalue weighted by Crippen LogP contribution is -2.27. The molecule has 0 aliphatic rings. The largest absolute Gasteiger partial charge is 0.497 e. The molecule has 0 spiro atoms. The van der Waals surface area contributed by atoms with Crippen LogP contribution in [-0.2, 0) is 10.5 Å². The third-order valence-corrected chi connectivity index (χ3v) is 5.32. The van der Waals surface area contributed by atoms with Crippen LogP contribution in [-0.4, -0.2) is 34.7 Å². The second-order valence-electron chi connectivity index (χ2n) is 5.27. The van der Waals surface area contributed by atoms with Gasteiger partial charge >= 0.3 is 0 Å². The quantitative estimate of drug-likeness (QED) is 0.567. The molecule has 2 heterocycles. The Bertz CT molecular complexity index is 876. The molecule has 0 radical (unpaired) electrons. The van der Waals surface area contributed by atoms with E-state index in [0.717, 1.165) is 17.0 Å². The highest BCUT2D eigenvalue weighted by Gasteiger charge is 2.15. The fourth-order valence-electron chi connectivity index (χ4n) is 2.23. The van der Waals surface area contributed by atoms with Crippen molar-refractivity contribution in [1.29, 1.82) is 0 Å². The van der Waals surface area contributed by atoms with Crippen LogP contribution in [0.1, 0.15) is 19.5 Å². The molecule has 0 aliphatic heterocycles. The van der Waals surface area contributed by atoms with Crippen molar-refractivity contribution in [2.75, 3.05) is 18.6 Å². The first-order valence-corrected chi connectivity index (χ1v) is 9.80. The van der Waals surface area contributed by atoms with Crippen LogP contribution in [0.25, 0.3) is 11.5 Å². The fourth-order valence-corrected chi connectivity index (χ4v) is 3.93. The van der Waals surface area contributed by atoms with Gasteiger partial charge in [0.25, 0.3) is 5.22 Å². The number of thiazole rings is 1. The molecule has 0 saturated heterocycles. The normalized spacial score (nSPS) is 10.7. The van der Waals surface area contributed by atoms with Crippen LogP contribution in [0.4, 0.5) is 5.13 Å². The highest BCUT2D eigenvalue weighted by Crippen LogP contribution is 2.28. The molecule has 1 aromatic carbocycles. The second-order valence-corrected chi connectivity index (χ2v) is 7.04. The second kappa shape index (κ2) is 8.33. The predicted octanol–water partition coefficient (Wildman–Crippen LogP) is 3.87. The summed E-state index contributed by atoms with van der Waals surface area (Å²) in [6.45, 7) is 4.07. The molecule has 3 aromatic rings. The number of benzene rings is 1. The Morgan fingerprint density at radius 2 is 2.08 bits per heavy atom. The summed E-state index contributed by atoms with van der Waals surface area (Å²) in [5, 5.41) is 11.3. The molecule has 26 heavy (non-hydrogen) atoms. The van der Waals surface area contributed by atoms with Crippen molar-refractivity contribution in [3.63, 3.8) is 0 Å². The number of aromatic nitrogens is 3. The van der Waals surface area contributed by atoms with Gasteiger partial charge < -0.3 is 9.15 Å². The molecule has 9 heteroatoms. The molecule has 0 aliphatic carbocycles. The number of amides is 1. The Kier molecular flexibility index (Phi) is 5.89. The fraction of sp³-hybridized carbons (Fsp3) is 0.294. The first-order chi connectivity index (χ1) is 12.6. The number of carbonyl (C=O) groups is 1. The molecule has 0 bridgehead atoms. The monoisotopic (exact) mass is 390 g/mol. The molecule has 0 unspecified atom stereocenters. The molecule has 136 valence electrons. The van der Waals surface area contributed by atoms with Crippen molar-refractivity contribution in [1.82, 2.24) is 15.2 Å². The maximum atomic E-state index is 11.6. The van der Waals surface area contributed by atoms with Crippen molar-refractivity contribution in [2.24, 2.45) is 0 Å². The number of anilines is 1. The third kappa shape index (κ3) is 4.23. The molecule has 0 atom stereocenters. The molecule has 1 amide bonds. The van der Waals surface area contributed by atoms with Gasteiger partial charge in [-0.15, -0.1) is 21.5 Å². The van der Waals surface area contributed by atoms with Crippen LogP contribution in [0.15, 0.2) is 39.3 Å². The standard InChI is InChI=1S/C17H18N4O3S2/c1-4-21(11(2)22)16-18-13(9-25-16)10-26-17-20-19-15(24-17)12-5-7-14(23-3)8-6-12/h5-9H,4,10H2,1-3H3. The van der Waals surface area contributed by atoms with E-state index in [2.05, 4.69) is 15.2 Å². The molecule has 2 aromatic heterocycles. The minimum absolute atomic E-state index is 0.0120. The minimum atomic E-state index is -0.0120. The smallest absolute Gasteiger partial charge is 0.277 e. The maximum absolute atomic E-state index is 11.6. The Balaban J connectivity index is 1.63. The molecule has 0 N–H and O–H groups in total. The summed E-state index contributed by atoms with van der Waals surface area (Å²) in [4.78, 5) is 17.7. The number of rotatable bonds is 7. The van der Waals surface area contributed by atoms with Gasteiger partial charge in [0.15, 0.2) is 5.13 Å². The minimum Gasteiger partial charge on any atom is -0.497 e. The van der Waals surface area contributed by atoms with Crippen molar-refractivity contribution >= 4 is 34.1 Å². The van der Waals surface area contributed by atoms with Crippen LogP contribution in [0.5, 0.6) is 5.75 Å². The van der Waals surface area contributed by atoms with Gasteiger partial charge in [0.1, 0.15) is 5.75 Å². The zero-order chi connectivity index (χ0) is 18.5. The Morgan fingerprint density at radius 1 is 1.31 bits per heavy atom. The van der Waals surface area contributed by atoms with Gasteiger partial charge in [-0.3, -0.25) is 9.69 Å². The SMILES string of the molecule is CCN(C(C)=O)c1nc(CSc2nnc(-c3ccc(OC)cc3)o2)cs1. The van der Waals surface area contributed by atoms with E-state index in [9.17, 15) is 4.79 Å². The van der Waals surface area contributed by atoms with E-state index in [1.54, 1.807) is 18.9 Å². The van der Waals surface area contributed by atoms with Gasteiger partial charge in [-0.05, 0) is 31.2 Å². The number of carbonyl (C=O) groups excluding carboxylic acids is 1. The highest BCUT2D eigenvalue weighted by molar-refractivity contribution is 7.98. The number of thioether (sulfide) groups is 1. The summed E-state index contributed by atoms with van der Waals surface area (Å²) in [6.07, 6.45) is 0. The lowest BCUT2D eigenvalue weighted by atomic mass is 10.2. The number of nitrogens with zero attached hydrogens (tertiary/aromatic N) is 4. The third-order valence-electron chi connectivity index (χ3n) is 3.55. The van der Waals surface area contributed by atoms with Gasteiger partial charge in [-0.25, -0.2) is 4.98 Å². The van der Waals surface area contributed by atoms with Gasteiger partial charge in [-0.2, -0.15) is 0 Å². The molecule has 3 rings (SSSR count). The molecular weight excluding hydrogens is 372 g/mol. The summed E-state index contributed by atoms with van der Waals surface area (Å²) in [5.74, 6) is 1.81. The Morgan fingerprint density at radius 3 is 2.73 bits per heavy atom. The van der Waals surface area contributed by atoms with E-state index >= 15 is 0 Å². The van der Waals surface area contributed by atoms with E-state index in [1.165, 1.54) is 23.1 Å². The van der Waals surface area contributed by atoms with Crippen LogP contribution < -0.4 is 9.64 Å². The Hall–Kier alpha value is -2.39. The van der Waals surface area contributed by atoms with E-state index in [1.807, 2.05) is 36.6 Å². The molecule has 7 nitrogen and oxygen atoms in total. The summed E-state index contributed by atoms with van der Waals surface area (Å²) >= 11 is 2.87. The summed E-state index contributed by atoms with van der Waals surface area (Å²) in [6, 6.07) is 7.43. The van der Waals surface area contributed by atoms with Gasteiger partial charge in [0, 0.05) is 30.2 Å². The van der Waals surface area contributed by atoms with Crippen LogP contribution >= 0.6 is 23.1 Å². The van der Waals surface area contributed by atoms with E-state index < -0.39 is 0 Å². The number of methoxy groups -OCH3 is 1. The summed E-state index contributed by atoms with van der Waals surface area (Å²) in [7, 11) is 1.62. The van der Waals surface area contributed by atoms with Crippen molar-refractivity contribution < 1.29 is 13.9 Å². The first-order valence-electron chi connectivity index (χ1n) is 7.94. The lowest BCUT2D eigenvalue weighted by molar-refractivity contribution is -0.116. The predicted molar refractivity (Wildman–Crippen MR) is 102 cm³/mol. The molecule has 0 saturated carbocycles. The average molecular weight is 390 g/mol. The average Bonchev–Trinajstić information content (AvgIpc) is 3.30. The zero-order valence-corrected chi connectivity index (χ0v) is 16.3. The first kappa shape index (κ1) is 18.4. The lowest BCUT2D eigenvalue weighted by Gasteiger charge is -2.14. The number of hydrogen-bond acceptors (Lipinski definition) is 8. The zero-order valence-electron chi connectivity index (χ0n) is 14.6. The van der Waals surface area contributed by atoms with Gasteiger partial charge in [0.2, 0.25) is 11.8 Å². The summed E-state index contributed by atoms with van der Waals surface area (Å²) < 4.78 is 10.8. The van der Waals surface area contributed by atoms with Gasteiger partial charge in [-0.1, -0.05) is 11.8 Å². The van der Waals surface area contributed by atoms with Crippen molar-refractivity contribution in [3.8, 4) is 17.2 Å². The Labute approximate surface area is 159 Å². The van der Waals surface area contributed by atoms with E-state index in [-0.39, 0.29) is 5.91 Å². The maximum Gasteiger partial charge on any atom is 0.277 e. The highest BCUT2D eigenvalue weighted by atomic mass is 32.2. The van der Waals surface area contributed by atoms with Crippen LogP contribution in [0, 0.1) is 0 Å². The number of ether oxygens (including phenoxy) is 1. The molecule has 0 fully saturated rings. The molecular formula is C17H18N4O3S2. The van der Waals surface area contributed by atoms with Crippen LogP contribution in [0.2, 0.25) is 0 Å². The van der Waals surface area contributed by atoms with Crippen molar-refractivity contribution in [3.05, 3.63) is 35.3 Å². The topological polar surface area (TPSA) is 81.4 Å². The van der Waals surface area contributed by atoms with Crippen molar-refractivity contribution in [2.45, 2.75) is 24.8 Å². The van der Waals surface area contributed by atoms with E-state index in [0.29, 0.717) is 28.5 Å².